The maximum Gasteiger partial charge on any atom is 0.339 e. The molecule has 2 rings (SSSR count). The van der Waals surface area contributed by atoms with Gasteiger partial charge in [-0.3, -0.25) is 9.79 Å². The van der Waals surface area contributed by atoms with Crippen LogP contribution < -0.4 is 5.32 Å². The minimum atomic E-state index is -0.818. The number of ether oxygens (including phenoxy) is 1. The number of benzene rings is 1. The lowest BCUT2D eigenvalue weighted by Crippen LogP contribution is -2.37. The maximum atomic E-state index is 12.5. The van der Waals surface area contributed by atoms with Crippen LogP contribution in [0.25, 0.3) is 0 Å². The van der Waals surface area contributed by atoms with Gasteiger partial charge in [-0.1, -0.05) is 55.6 Å². The molecule has 0 spiro atoms. The molecule has 1 heterocycles. The largest absolute Gasteiger partial charge is 0.449 e. The van der Waals surface area contributed by atoms with E-state index in [0.29, 0.717) is 23.8 Å². The molecule has 0 saturated heterocycles. The monoisotopic (exact) mass is 380 g/mol. The molecule has 136 valence electrons. The zero-order valence-electron chi connectivity index (χ0n) is 14.8. The lowest BCUT2D eigenvalue weighted by molar-refractivity contribution is -0.129. The number of amides is 1. The molecule has 0 saturated carbocycles. The Labute approximate surface area is 157 Å². The number of rotatable bonds is 7. The van der Waals surface area contributed by atoms with Gasteiger partial charge in [0.25, 0.3) is 5.91 Å². The highest BCUT2D eigenvalue weighted by atomic mass is 32.2. The van der Waals surface area contributed by atoms with Gasteiger partial charge in [0, 0.05) is 18.1 Å². The van der Waals surface area contributed by atoms with Gasteiger partial charge in [0.2, 0.25) is 0 Å². The van der Waals surface area contributed by atoms with E-state index in [1.165, 1.54) is 0 Å². The Hall–Kier alpha value is -1.47. The topological polar surface area (TPSA) is 67.8 Å². The second-order valence-corrected chi connectivity index (χ2v) is 8.43. The summed E-state index contributed by atoms with van der Waals surface area (Å²) in [6.07, 6.45) is -0.818. The fourth-order valence-electron chi connectivity index (χ4n) is 2.11. The normalized spacial score (nSPS) is 15.0. The molecule has 1 aliphatic rings. The average molecular weight is 381 g/mol. The average Bonchev–Trinajstić information content (AvgIpc) is 3.11. The standard InChI is InChI=1S/C18H24N2O3S2/c1-12(2)10-20-16(21)13(3)23-17(22)15-7-5-4-6-14(15)11-25-18-19-8-9-24-18/h4-7,12-13H,8-11H2,1-3H3,(H,20,21)/t13-/m0/s1. The fourth-order valence-corrected chi connectivity index (χ4v) is 4.13. The number of aliphatic imine (C=N–C) groups is 1. The van der Waals surface area contributed by atoms with Crippen LogP contribution in [-0.4, -0.2) is 41.2 Å². The van der Waals surface area contributed by atoms with Crippen molar-refractivity contribution in [2.45, 2.75) is 32.6 Å². The highest BCUT2D eigenvalue weighted by molar-refractivity contribution is 8.38. The number of carbonyl (C=O) groups excluding carboxylic acids is 2. The molecule has 1 aromatic rings. The van der Waals surface area contributed by atoms with Gasteiger partial charge in [0.15, 0.2) is 6.10 Å². The molecule has 7 heteroatoms. The summed E-state index contributed by atoms with van der Waals surface area (Å²) >= 11 is 3.37. The van der Waals surface area contributed by atoms with Gasteiger partial charge in [-0.15, -0.1) is 0 Å². The minimum Gasteiger partial charge on any atom is -0.449 e. The molecule has 1 aliphatic heterocycles. The van der Waals surface area contributed by atoms with Crippen molar-refractivity contribution in [1.82, 2.24) is 5.32 Å². The van der Waals surface area contributed by atoms with E-state index < -0.39 is 12.1 Å². The van der Waals surface area contributed by atoms with Gasteiger partial charge >= 0.3 is 5.97 Å². The van der Waals surface area contributed by atoms with E-state index in [1.807, 2.05) is 26.0 Å². The van der Waals surface area contributed by atoms with E-state index >= 15 is 0 Å². The van der Waals surface area contributed by atoms with Crippen LogP contribution in [0.1, 0.15) is 36.7 Å². The second kappa shape index (κ2) is 9.87. The van der Waals surface area contributed by atoms with Crippen LogP contribution >= 0.6 is 23.5 Å². The van der Waals surface area contributed by atoms with Crippen molar-refractivity contribution >= 4 is 39.8 Å². The first-order valence-electron chi connectivity index (χ1n) is 8.34. The van der Waals surface area contributed by atoms with Crippen molar-refractivity contribution < 1.29 is 14.3 Å². The van der Waals surface area contributed by atoms with Gasteiger partial charge in [-0.2, -0.15) is 0 Å². The van der Waals surface area contributed by atoms with Crippen molar-refractivity contribution in [1.29, 1.82) is 0 Å². The second-order valence-electron chi connectivity index (χ2n) is 6.13. The highest BCUT2D eigenvalue weighted by Gasteiger charge is 2.21. The van der Waals surface area contributed by atoms with E-state index in [-0.39, 0.29) is 5.91 Å². The summed E-state index contributed by atoms with van der Waals surface area (Å²) in [7, 11) is 0. The smallest absolute Gasteiger partial charge is 0.339 e. The number of hydrogen-bond acceptors (Lipinski definition) is 6. The van der Waals surface area contributed by atoms with E-state index in [1.54, 1.807) is 42.6 Å². The lowest BCUT2D eigenvalue weighted by Gasteiger charge is -2.15. The number of thioether (sulfide) groups is 2. The van der Waals surface area contributed by atoms with Crippen LogP contribution in [0.3, 0.4) is 0 Å². The molecule has 1 aromatic carbocycles. The Morgan fingerprint density at radius 2 is 2.08 bits per heavy atom. The molecule has 0 bridgehead atoms. The molecule has 5 nitrogen and oxygen atoms in total. The fraction of sp³-hybridized carbons (Fsp3) is 0.500. The van der Waals surface area contributed by atoms with Crippen molar-refractivity contribution in [3.8, 4) is 0 Å². The molecule has 0 fully saturated rings. The Morgan fingerprint density at radius 3 is 2.76 bits per heavy atom. The Kier molecular flexibility index (Phi) is 7.84. The third-order valence-electron chi connectivity index (χ3n) is 3.48. The minimum absolute atomic E-state index is 0.273. The summed E-state index contributed by atoms with van der Waals surface area (Å²) in [5, 5.41) is 2.78. The first kappa shape index (κ1) is 19.8. The van der Waals surface area contributed by atoms with Gasteiger partial charge in [-0.25, -0.2) is 4.79 Å². The van der Waals surface area contributed by atoms with Gasteiger partial charge in [0.1, 0.15) is 4.38 Å². The molecule has 0 aliphatic carbocycles. The molecular weight excluding hydrogens is 356 g/mol. The Morgan fingerprint density at radius 1 is 1.32 bits per heavy atom. The van der Waals surface area contributed by atoms with Gasteiger partial charge in [-0.05, 0) is 24.5 Å². The van der Waals surface area contributed by atoms with E-state index in [0.717, 1.165) is 22.2 Å². The zero-order valence-corrected chi connectivity index (χ0v) is 16.4. The molecule has 25 heavy (non-hydrogen) atoms. The van der Waals surface area contributed by atoms with Gasteiger partial charge in [0.05, 0.1) is 12.1 Å². The van der Waals surface area contributed by atoms with E-state index in [2.05, 4.69) is 10.3 Å². The zero-order chi connectivity index (χ0) is 18.2. The first-order chi connectivity index (χ1) is 12.0. The van der Waals surface area contributed by atoms with Crippen molar-refractivity contribution in [2.24, 2.45) is 10.9 Å². The summed E-state index contributed by atoms with van der Waals surface area (Å²) in [5.41, 5.74) is 1.39. The van der Waals surface area contributed by atoms with Crippen molar-refractivity contribution in [3.63, 3.8) is 0 Å². The van der Waals surface area contributed by atoms with Crippen LogP contribution in [0.15, 0.2) is 29.3 Å². The lowest BCUT2D eigenvalue weighted by atomic mass is 10.1. The number of hydrogen-bond donors (Lipinski definition) is 1. The van der Waals surface area contributed by atoms with E-state index in [9.17, 15) is 9.59 Å². The van der Waals surface area contributed by atoms with Crippen molar-refractivity contribution in [2.75, 3.05) is 18.8 Å². The number of esters is 1. The Bertz CT molecular complexity index is 647. The van der Waals surface area contributed by atoms with Crippen LogP contribution in [-0.2, 0) is 15.3 Å². The molecule has 0 radical (unpaired) electrons. The summed E-state index contributed by atoms with van der Waals surface area (Å²) in [5.74, 6) is 1.29. The number of nitrogens with one attached hydrogen (secondary N) is 1. The highest BCUT2D eigenvalue weighted by Crippen LogP contribution is 2.26. The predicted octanol–water partition coefficient (Wildman–Crippen LogP) is 3.34. The molecule has 0 aromatic heterocycles. The third-order valence-corrected chi connectivity index (χ3v) is 5.78. The molecule has 1 N–H and O–H groups in total. The van der Waals surface area contributed by atoms with Crippen molar-refractivity contribution in [3.05, 3.63) is 35.4 Å². The van der Waals surface area contributed by atoms with E-state index in [4.69, 9.17) is 4.74 Å². The molecule has 1 amide bonds. The van der Waals surface area contributed by atoms with Crippen LogP contribution in [0, 0.1) is 5.92 Å². The SMILES string of the molecule is CC(C)CNC(=O)[C@H](C)OC(=O)c1ccccc1CSC1=NCCS1. The Balaban J connectivity index is 1.95. The maximum absolute atomic E-state index is 12.5. The quantitative estimate of drug-likeness (QED) is 0.735. The molecular formula is C18H24N2O3S2. The summed E-state index contributed by atoms with van der Waals surface area (Å²) in [4.78, 5) is 28.9. The van der Waals surface area contributed by atoms with Crippen LogP contribution in [0.2, 0.25) is 0 Å². The summed E-state index contributed by atoms with van der Waals surface area (Å²) in [6.45, 7) is 7.04. The first-order valence-corrected chi connectivity index (χ1v) is 10.3. The molecule has 0 unspecified atom stereocenters. The number of nitrogens with zero attached hydrogens (tertiary/aromatic N) is 1. The van der Waals surface area contributed by atoms with Crippen LogP contribution in [0.4, 0.5) is 0 Å². The number of carbonyl (C=O) groups is 2. The van der Waals surface area contributed by atoms with Gasteiger partial charge < -0.3 is 10.1 Å². The third kappa shape index (κ3) is 6.40. The van der Waals surface area contributed by atoms with Crippen LogP contribution in [0.5, 0.6) is 0 Å². The summed E-state index contributed by atoms with van der Waals surface area (Å²) < 4.78 is 6.41. The predicted molar refractivity (Wildman–Crippen MR) is 105 cm³/mol. The summed E-state index contributed by atoms with van der Waals surface area (Å²) in [6, 6.07) is 7.35. The molecule has 1 atom stereocenters.